The van der Waals surface area contributed by atoms with Gasteiger partial charge in [0.1, 0.15) is 12.1 Å². The molecule has 0 aliphatic carbocycles. The molecule has 0 spiro atoms. The highest BCUT2D eigenvalue weighted by Crippen LogP contribution is 2.12. The number of halogens is 1. The topological polar surface area (TPSA) is 20.3 Å². The molecule has 0 unspecified atom stereocenters. The van der Waals surface area contributed by atoms with Crippen molar-refractivity contribution in [2.24, 2.45) is 0 Å². The number of carbonyl (C=O) groups is 1. The molecule has 2 nitrogen and oxygen atoms in total. The average molecular weight is 207 g/mol. The molecule has 80 valence electrons. The van der Waals surface area contributed by atoms with Crippen LogP contribution in [0, 0.1) is 5.82 Å². The highest BCUT2D eigenvalue weighted by molar-refractivity contribution is 6.06. The lowest BCUT2D eigenvalue weighted by Crippen LogP contribution is -2.11. The number of allylic oxidation sites excluding steroid dienone is 1. The largest absolute Gasteiger partial charge is 0.306 e. The maximum atomic E-state index is 12.7. The van der Waals surface area contributed by atoms with Crippen LogP contribution >= 0.6 is 0 Å². The van der Waals surface area contributed by atoms with Gasteiger partial charge in [0.15, 0.2) is 0 Å². The summed E-state index contributed by atoms with van der Waals surface area (Å²) in [4.78, 5) is 12.8. The summed E-state index contributed by atoms with van der Waals surface area (Å²) < 4.78 is 12.7. The molecule has 0 saturated heterocycles. The van der Waals surface area contributed by atoms with Gasteiger partial charge in [0.05, 0.1) is 0 Å². The van der Waals surface area contributed by atoms with Crippen LogP contribution in [0.15, 0.2) is 30.3 Å². The third-order valence-corrected chi connectivity index (χ3v) is 1.98. The zero-order valence-electron chi connectivity index (χ0n) is 8.90. The minimum absolute atomic E-state index is 0.295. The van der Waals surface area contributed by atoms with Crippen LogP contribution in [-0.2, 0) is 4.79 Å². The van der Waals surface area contributed by atoms with Crippen molar-refractivity contribution in [3.05, 3.63) is 41.7 Å². The van der Waals surface area contributed by atoms with E-state index in [-0.39, 0.29) is 5.82 Å². The van der Waals surface area contributed by atoms with E-state index >= 15 is 0 Å². The Morgan fingerprint density at radius 1 is 1.33 bits per heavy atom. The standard InChI is InChI=1S/C12H14FNO/c1-14(2)8-7-11(9-15)10-3-5-12(13)6-4-10/h3-7,9H,8H2,1-2H3. The number of carbonyl (C=O) groups excluding carboxylic acids is 1. The molecule has 1 rings (SSSR count). The summed E-state index contributed by atoms with van der Waals surface area (Å²) in [6, 6.07) is 5.90. The van der Waals surface area contributed by atoms with E-state index in [2.05, 4.69) is 0 Å². The van der Waals surface area contributed by atoms with Gasteiger partial charge in [0.25, 0.3) is 0 Å². The summed E-state index contributed by atoms with van der Waals surface area (Å²) in [5.41, 5.74) is 1.33. The van der Waals surface area contributed by atoms with Gasteiger partial charge in [0.2, 0.25) is 0 Å². The Balaban J connectivity index is 2.87. The van der Waals surface area contributed by atoms with Crippen molar-refractivity contribution in [2.45, 2.75) is 0 Å². The van der Waals surface area contributed by atoms with E-state index in [4.69, 9.17) is 0 Å². The molecule has 0 fully saturated rings. The van der Waals surface area contributed by atoms with Gasteiger partial charge in [-0.05, 0) is 31.8 Å². The molecule has 0 atom stereocenters. The van der Waals surface area contributed by atoms with Crippen molar-refractivity contribution in [3.8, 4) is 0 Å². The zero-order valence-corrected chi connectivity index (χ0v) is 8.90. The molecule has 0 amide bonds. The number of aldehydes is 1. The van der Waals surface area contributed by atoms with Crippen LogP contribution in [0.2, 0.25) is 0 Å². The van der Waals surface area contributed by atoms with E-state index in [1.54, 1.807) is 12.1 Å². The van der Waals surface area contributed by atoms with Gasteiger partial charge in [-0.15, -0.1) is 0 Å². The fourth-order valence-corrected chi connectivity index (χ4v) is 1.16. The first-order valence-corrected chi connectivity index (χ1v) is 4.69. The van der Waals surface area contributed by atoms with Crippen LogP contribution < -0.4 is 0 Å². The van der Waals surface area contributed by atoms with Gasteiger partial charge in [-0.3, -0.25) is 4.79 Å². The third-order valence-electron chi connectivity index (χ3n) is 1.98. The summed E-state index contributed by atoms with van der Waals surface area (Å²) >= 11 is 0. The van der Waals surface area contributed by atoms with Crippen molar-refractivity contribution >= 4 is 11.9 Å². The normalized spacial score (nSPS) is 11.9. The van der Waals surface area contributed by atoms with Crippen molar-refractivity contribution < 1.29 is 9.18 Å². The van der Waals surface area contributed by atoms with Gasteiger partial charge < -0.3 is 4.90 Å². The second-order valence-corrected chi connectivity index (χ2v) is 3.55. The lowest BCUT2D eigenvalue weighted by molar-refractivity contribution is -0.103. The van der Waals surface area contributed by atoms with Gasteiger partial charge in [-0.1, -0.05) is 18.2 Å². The third kappa shape index (κ3) is 3.64. The van der Waals surface area contributed by atoms with Crippen LogP contribution in [0.4, 0.5) is 4.39 Å². The Bertz CT molecular complexity index is 354. The predicted molar refractivity (Wildman–Crippen MR) is 59.0 cm³/mol. The Labute approximate surface area is 89.0 Å². The Hall–Kier alpha value is -1.48. The fraction of sp³-hybridized carbons (Fsp3) is 0.250. The van der Waals surface area contributed by atoms with E-state index in [9.17, 15) is 9.18 Å². The molecule has 0 N–H and O–H groups in total. The van der Waals surface area contributed by atoms with Gasteiger partial charge in [0, 0.05) is 12.1 Å². The molecular weight excluding hydrogens is 193 g/mol. The first-order valence-electron chi connectivity index (χ1n) is 4.69. The molecule has 0 aliphatic rings. The van der Waals surface area contributed by atoms with Crippen molar-refractivity contribution in [2.75, 3.05) is 20.6 Å². The molecule has 15 heavy (non-hydrogen) atoms. The lowest BCUT2D eigenvalue weighted by atomic mass is 10.1. The van der Waals surface area contributed by atoms with Gasteiger partial charge in [-0.2, -0.15) is 0 Å². The molecule has 0 saturated carbocycles. The van der Waals surface area contributed by atoms with Gasteiger partial charge >= 0.3 is 0 Å². The summed E-state index contributed by atoms with van der Waals surface area (Å²) in [6.07, 6.45) is 2.61. The molecule has 1 aromatic rings. The lowest BCUT2D eigenvalue weighted by Gasteiger charge is -2.06. The maximum absolute atomic E-state index is 12.7. The molecule has 1 aromatic carbocycles. The van der Waals surface area contributed by atoms with Crippen LogP contribution in [-0.4, -0.2) is 31.8 Å². The minimum atomic E-state index is -0.295. The highest BCUT2D eigenvalue weighted by atomic mass is 19.1. The molecule has 0 bridgehead atoms. The molecule has 0 aliphatic heterocycles. The Morgan fingerprint density at radius 2 is 1.93 bits per heavy atom. The summed E-state index contributed by atoms with van der Waals surface area (Å²) in [6.45, 7) is 0.686. The quantitative estimate of drug-likeness (QED) is 0.555. The second-order valence-electron chi connectivity index (χ2n) is 3.55. The van der Waals surface area contributed by atoms with E-state index in [1.165, 1.54) is 12.1 Å². The van der Waals surface area contributed by atoms with Crippen molar-refractivity contribution in [1.82, 2.24) is 4.90 Å². The van der Waals surface area contributed by atoms with Crippen molar-refractivity contribution in [3.63, 3.8) is 0 Å². The van der Waals surface area contributed by atoms with E-state index < -0.39 is 0 Å². The maximum Gasteiger partial charge on any atom is 0.150 e. The predicted octanol–water partition coefficient (Wildman–Crippen LogP) is 1.97. The smallest absolute Gasteiger partial charge is 0.150 e. The van der Waals surface area contributed by atoms with Crippen LogP contribution in [0.25, 0.3) is 5.57 Å². The number of rotatable bonds is 4. The first-order chi connectivity index (χ1) is 7.13. The van der Waals surface area contributed by atoms with Gasteiger partial charge in [-0.25, -0.2) is 4.39 Å². The van der Waals surface area contributed by atoms with Crippen molar-refractivity contribution in [1.29, 1.82) is 0 Å². The van der Waals surface area contributed by atoms with E-state index in [0.29, 0.717) is 12.1 Å². The summed E-state index contributed by atoms with van der Waals surface area (Å²) in [5.74, 6) is -0.295. The number of hydrogen-bond acceptors (Lipinski definition) is 2. The SMILES string of the molecule is CN(C)CC=C(C=O)c1ccc(F)cc1. The van der Waals surface area contributed by atoms with Crippen LogP contribution in [0.3, 0.4) is 0 Å². The van der Waals surface area contributed by atoms with E-state index in [1.807, 2.05) is 25.1 Å². The number of likely N-dealkylation sites (N-methyl/N-ethyl adjacent to an activating group) is 1. The molecule has 0 radical (unpaired) electrons. The number of benzene rings is 1. The molecule has 3 heteroatoms. The van der Waals surface area contributed by atoms with E-state index in [0.717, 1.165) is 11.8 Å². The number of nitrogens with zero attached hydrogens (tertiary/aromatic N) is 1. The fourth-order valence-electron chi connectivity index (χ4n) is 1.16. The minimum Gasteiger partial charge on any atom is -0.306 e. The molecule has 0 heterocycles. The molecule has 0 aromatic heterocycles. The highest BCUT2D eigenvalue weighted by Gasteiger charge is 2.00. The monoisotopic (exact) mass is 207 g/mol. The molecular formula is C12H14FNO. The summed E-state index contributed by atoms with van der Waals surface area (Å²) in [5, 5.41) is 0. The van der Waals surface area contributed by atoms with Crippen LogP contribution in [0.5, 0.6) is 0 Å². The zero-order chi connectivity index (χ0) is 11.3. The number of hydrogen-bond donors (Lipinski definition) is 0. The Kier molecular flexibility index (Phi) is 4.18. The second kappa shape index (κ2) is 5.41. The van der Waals surface area contributed by atoms with Crippen LogP contribution in [0.1, 0.15) is 5.56 Å². The first kappa shape index (κ1) is 11.6. The summed E-state index contributed by atoms with van der Waals surface area (Å²) in [7, 11) is 3.84. The average Bonchev–Trinajstić information content (AvgIpc) is 2.21. The Morgan fingerprint density at radius 3 is 2.40 bits per heavy atom.